The number of fused-ring (bicyclic) bond motifs is 1. The van der Waals surface area contributed by atoms with E-state index in [-0.39, 0.29) is 0 Å². The van der Waals surface area contributed by atoms with Gasteiger partial charge in [-0.05, 0) is 29.8 Å². The van der Waals surface area contributed by atoms with Crippen LogP contribution in [0.4, 0.5) is 0 Å². The van der Waals surface area contributed by atoms with E-state index in [2.05, 4.69) is 6.07 Å². The van der Waals surface area contributed by atoms with Crippen molar-refractivity contribution in [2.75, 3.05) is 6.61 Å². The Morgan fingerprint density at radius 2 is 2.06 bits per heavy atom. The molecule has 2 nitrogen and oxygen atoms in total. The predicted molar refractivity (Wildman–Crippen MR) is 69.8 cm³/mol. The molecule has 0 aliphatic carbocycles. The molecular formula is C15H13NO. The third-order valence-electron chi connectivity index (χ3n) is 2.56. The first-order chi connectivity index (χ1) is 8.36. The fraction of sp³-hybridized carbons (Fsp3) is 0.133. The zero-order chi connectivity index (χ0) is 12.1. The van der Waals surface area contributed by atoms with Crippen molar-refractivity contribution < 1.29 is 4.74 Å². The van der Waals surface area contributed by atoms with Gasteiger partial charge in [-0.1, -0.05) is 30.3 Å². The third kappa shape index (κ3) is 2.29. The largest absolute Gasteiger partial charge is 0.493 e. The minimum absolute atomic E-state index is 0.617. The Bertz CT molecular complexity index is 593. The molecule has 17 heavy (non-hydrogen) atoms. The van der Waals surface area contributed by atoms with Crippen molar-refractivity contribution in [1.29, 1.82) is 5.26 Å². The molecule has 0 aromatic heterocycles. The van der Waals surface area contributed by atoms with Gasteiger partial charge in [0.1, 0.15) is 5.75 Å². The lowest BCUT2D eigenvalue weighted by Crippen LogP contribution is -1.94. The Labute approximate surface area is 101 Å². The maximum Gasteiger partial charge on any atom is 0.127 e. The second-order valence-corrected chi connectivity index (χ2v) is 3.59. The van der Waals surface area contributed by atoms with Crippen LogP contribution in [0.2, 0.25) is 0 Å². The quantitative estimate of drug-likeness (QED) is 0.742. The molecule has 0 aliphatic heterocycles. The van der Waals surface area contributed by atoms with Crippen molar-refractivity contribution >= 4 is 16.8 Å². The monoisotopic (exact) mass is 223 g/mol. The van der Waals surface area contributed by atoms with Crippen LogP contribution >= 0.6 is 0 Å². The smallest absolute Gasteiger partial charge is 0.127 e. The number of allylic oxidation sites excluding steroid dienone is 1. The average molecular weight is 223 g/mol. The molecule has 0 aliphatic rings. The van der Waals surface area contributed by atoms with Crippen molar-refractivity contribution in [3.8, 4) is 11.8 Å². The van der Waals surface area contributed by atoms with Crippen molar-refractivity contribution in [3.05, 3.63) is 48.0 Å². The van der Waals surface area contributed by atoms with Gasteiger partial charge < -0.3 is 4.74 Å². The fourth-order valence-corrected chi connectivity index (χ4v) is 1.85. The van der Waals surface area contributed by atoms with Gasteiger partial charge in [0.15, 0.2) is 0 Å². The summed E-state index contributed by atoms with van der Waals surface area (Å²) in [4.78, 5) is 0. The summed E-state index contributed by atoms with van der Waals surface area (Å²) in [5.74, 6) is 0.817. The Morgan fingerprint density at radius 1 is 1.24 bits per heavy atom. The van der Waals surface area contributed by atoms with Crippen LogP contribution < -0.4 is 4.74 Å². The van der Waals surface area contributed by atoms with Gasteiger partial charge in [0.05, 0.1) is 12.7 Å². The van der Waals surface area contributed by atoms with Crippen LogP contribution in [0.5, 0.6) is 5.75 Å². The van der Waals surface area contributed by atoms with E-state index >= 15 is 0 Å². The van der Waals surface area contributed by atoms with Gasteiger partial charge in [-0.25, -0.2) is 0 Å². The maximum absolute atomic E-state index is 8.64. The first-order valence-electron chi connectivity index (χ1n) is 5.57. The number of benzene rings is 2. The van der Waals surface area contributed by atoms with Gasteiger partial charge in [0.2, 0.25) is 0 Å². The lowest BCUT2D eigenvalue weighted by atomic mass is 10.0. The molecular weight excluding hydrogens is 210 g/mol. The van der Waals surface area contributed by atoms with E-state index in [4.69, 9.17) is 10.00 Å². The standard InChI is InChI=1S/C15H13NO/c1-2-17-15-10-9-12-6-3-4-7-13(12)14(15)8-5-11-16/h3-10H,2H2,1H3. The van der Waals surface area contributed by atoms with E-state index in [0.717, 1.165) is 22.1 Å². The zero-order valence-corrected chi connectivity index (χ0v) is 9.68. The highest BCUT2D eigenvalue weighted by atomic mass is 16.5. The summed E-state index contributed by atoms with van der Waals surface area (Å²) in [5, 5.41) is 10.9. The molecule has 2 aromatic carbocycles. The van der Waals surface area contributed by atoms with Crippen LogP contribution in [0.1, 0.15) is 12.5 Å². The third-order valence-corrected chi connectivity index (χ3v) is 2.56. The summed E-state index contributed by atoms with van der Waals surface area (Å²) in [5.41, 5.74) is 0.964. The first kappa shape index (κ1) is 11.2. The summed E-state index contributed by atoms with van der Waals surface area (Å²) in [7, 11) is 0. The molecule has 2 heteroatoms. The first-order valence-corrected chi connectivity index (χ1v) is 5.57. The molecule has 0 fully saturated rings. The molecule has 2 rings (SSSR count). The second kappa shape index (κ2) is 5.18. The van der Waals surface area contributed by atoms with Gasteiger partial charge >= 0.3 is 0 Å². The highest BCUT2D eigenvalue weighted by Crippen LogP contribution is 2.29. The number of nitriles is 1. The minimum Gasteiger partial charge on any atom is -0.493 e. The van der Waals surface area contributed by atoms with Crippen LogP contribution in [-0.4, -0.2) is 6.61 Å². The number of hydrogen-bond donors (Lipinski definition) is 0. The van der Waals surface area contributed by atoms with Gasteiger partial charge in [-0.2, -0.15) is 5.26 Å². The van der Waals surface area contributed by atoms with Gasteiger partial charge in [-0.15, -0.1) is 0 Å². The Kier molecular flexibility index (Phi) is 3.42. The van der Waals surface area contributed by atoms with Gasteiger partial charge in [0.25, 0.3) is 0 Å². The number of rotatable bonds is 3. The highest BCUT2D eigenvalue weighted by Gasteiger charge is 2.05. The highest BCUT2D eigenvalue weighted by molar-refractivity contribution is 5.93. The Balaban J connectivity index is 2.66. The molecule has 0 heterocycles. The Hall–Kier alpha value is -2.27. The summed E-state index contributed by atoms with van der Waals surface area (Å²) in [6.07, 6.45) is 3.28. The predicted octanol–water partition coefficient (Wildman–Crippen LogP) is 3.78. The van der Waals surface area contributed by atoms with E-state index < -0.39 is 0 Å². The molecule has 2 aromatic rings. The van der Waals surface area contributed by atoms with Gasteiger partial charge in [0, 0.05) is 11.6 Å². The summed E-state index contributed by atoms with van der Waals surface area (Å²) >= 11 is 0. The molecule has 0 N–H and O–H groups in total. The van der Waals surface area contributed by atoms with Crippen molar-refractivity contribution in [2.24, 2.45) is 0 Å². The summed E-state index contributed by atoms with van der Waals surface area (Å²) in [6, 6.07) is 14.1. The van der Waals surface area contributed by atoms with E-state index in [0.29, 0.717) is 6.61 Å². The van der Waals surface area contributed by atoms with Gasteiger partial charge in [-0.3, -0.25) is 0 Å². The van der Waals surface area contributed by atoms with Crippen molar-refractivity contribution in [1.82, 2.24) is 0 Å². The normalized spacial score (nSPS) is 10.6. The lowest BCUT2D eigenvalue weighted by molar-refractivity contribution is 0.340. The molecule has 84 valence electrons. The molecule has 0 bridgehead atoms. The zero-order valence-electron chi connectivity index (χ0n) is 9.68. The van der Waals surface area contributed by atoms with Crippen molar-refractivity contribution in [2.45, 2.75) is 6.92 Å². The number of nitrogens with zero attached hydrogens (tertiary/aromatic N) is 1. The molecule has 0 radical (unpaired) electrons. The van der Waals surface area contributed by atoms with Crippen LogP contribution in [0.15, 0.2) is 42.5 Å². The van der Waals surface area contributed by atoms with E-state index in [9.17, 15) is 0 Å². The molecule has 0 saturated carbocycles. The molecule has 0 atom stereocenters. The summed E-state index contributed by atoms with van der Waals surface area (Å²) < 4.78 is 5.58. The van der Waals surface area contributed by atoms with E-state index in [1.807, 2.05) is 43.3 Å². The number of hydrogen-bond acceptors (Lipinski definition) is 2. The van der Waals surface area contributed by atoms with Crippen LogP contribution in [-0.2, 0) is 0 Å². The van der Waals surface area contributed by atoms with E-state index in [1.165, 1.54) is 6.08 Å². The fourth-order valence-electron chi connectivity index (χ4n) is 1.85. The maximum atomic E-state index is 8.64. The van der Waals surface area contributed by atoms with E-state index in [1.54, 1.807) is 6.08 Å². The Morgan fingerprint density at radius 3 is 2.82 bits per heavy atom. The topological polar surface area (TPSA) is 33.0 Å². The molecule has 0 amide bonds. The molecule has 0 saturated heterocycles. The van der Waals surface area contributed by atoms with Crippen molar-refractivity contribution in [3.63, 3.8) is 0 Å². The molecule has 0 unspecified atom stereocenters. The van der Waals surface area contributed by atoms with Crippen LogP contribution in [0.3, 0.4) is 0 Å². The lowest BCUT2D eigenvalue weighted by Gasteiger charge is -2.10. The minimum atomic E-state index is 0.617. The molecule has 0 spiro atoms. The number of ether oxygens (including phenoxy) is 1. The van der Waals surface area contributed by atoms with Crippen LogP contribution in [0, 0.1) is 11.3 Å². The second-order valence-electron chi connectivity index (χ2n) is 3.59. The average Bonchev–Trinajstić information content (AvgIpc) is 2.37. The summed E-state index contributed by atoms with van der Waals surface area (Å²) in [6.45, 7) is 2.57. The SMILES string of the molecule is CCOc1ccc2ccccc2c1C=CC#N. The van der Waals surface area contributed by atoms with Crippen LogP contribution in [0.25, 0.3) is 16.8 Å².